The number of hydrogen-bond acceptors (Lipinski definition) is 4. The summed E-state index contributed by atoms with van der Waals surface area (Å²) in [5.74, 6) is 0.383. The van der Waals surface area contributed by atoms with Crippen LogP contribution in [0.1, 0.15) is 31.7 Å². The van der Waals surface area contributed by atoms with Crippen LogP contribution in [0.3, 0.4) is 0 Å². The second-order valence-corrected chi connectivity index (χ2v) is 8.89. The third kappa shape index (κ3) is 4.72. The molecule has 1 amide bonds. The molecule has 2 aromatic carbocycles. The number of hydrogen-bond donors (Lipinski definition) is 1. The number of ether oxygens (including phenoxy) is 1. The van der Waals surface area contributed by atoms with Crippen molar-refractivity contribution in [1.82, 2.24) is 4.31 Å². The largest absolute Gasteiger partial charge is 0.481 e. The number of benzene rings is 2. The first kappa shape index (κ1) is 20.4. The summed E-state index contributed by atoms with van der Waals surface area (Å²) in [6, 6.07) is 13.8. The molecule has 1 heterocycles. The smallest absolute Gasteiger partial charge is 0.265 e. The van der Waals surface area contributed by atoms with E-state index < -0.39 is 16.1 Å². The topological polar surface area (TPSA) is 75.7 Å². The van der Waals surface area contributed by atoms with Crippen LogP contribution in [-0.2, 0) is 14.8 Å². The van der Waals surface area contributed by atoms with Crippen LogP contribution in [0.2, 0.25) is 0 Å². The van der Waals surface area contributed by atoms with Crippen molar-refractivity contribution < 1.29 is 17.9 Å². The molecule has 1 fully saturated rings. The Balaban J connectivity index is 1.66. The monoisotopic (exact) mass is 402 g/mol. The van der Waals surface area contributed by atoms with Crippen molar-refractivity contribution in [1.29, 1.82) is 0 Å². The lowest BCUT2D eigenvalue weighted by atomic mass is 10.2. The van der Waals surface area contributed by atoms with Crippen LogP contribution in [0.15, 0.2) is 53.4 Å². The Labute approximate surface area is 166 Å². The maximum Gasteiger partial charge on any atom is 0.265 e. The Kier molecular flexibility index (Phi) is 6.36. The molecule has 1 aliphatic heterocycles. The van der Waals surface area contributed by atoms with Crippen molar-refractivity contribution in [3.63, 3.8) is 0 Å². The van der Waals surface area contributed by atoms with Crippen LogP contribution in [0.25, 0.3) is 0 Å². The summed E-state index contributed by atoms with van der Waals surface area (Å²) in [6.07, 6.45) is 1.68. The lowest BCUT2D eigenvalue weighted by molar-refractivity contribution is -0.122. The zero-order valence-corrected chi connectivity index (χ0v) is 17.0. The van der Waals surface area contributed by atoms with Gasteiger partial charge in [0.05, 0.1) is 4.90 Å². The number of nitrogens with zero attached hydrogens (tertiary/aromatic N) is 1. The molecule has 0 aromatic heterocycles. The summed E-state index contributed by atoms with van der Waals surface area (Å²) in [7, 11) is -3.45. The second kappa shape index (κ2) is 8.75. The van der Waals surface area contributed by atoms with Gasteiger partial charge in [-0.15, -0.1) is 0 Å². The molecule has 1 saturated heterocycles. The van der Waals surface area contributed by atoms with Gasteiger partial charge >= 0.3 is 0 Å². The fraction of sp³-hybridized carbons (Fsp3) is 0.381. The predicted molar refractivity (Wildman–Crippen MR) is 109 cm³/mol. The highest BCUT2D eigenvalue weighted by Gasteiger charge is 2.27. The van der Waals surface area contributed by atoms with Crippen molar-refractivity contribution in [2.24, 2.45) is 0 Å². The Hall–Kier alpha value is -2.38. The molecule has 3 rings (SSSR count). The van der Waals surface area contributed by atoms with Gasteiger partial charge in [0.25, 0.3) is 5.91 Å². The van der Waals surface area contributed by atoms with E-state index in [0.29, 0.717) is 30.9 Å². The molecule has 2 aromatic rings. The van der Waals surface area contributed by atoms with Crippen molar-refractivity contribution in [2.45, 2.75) is 44.1 Å². The number of carbonyl (C=O) groups excluding carboxylic acids is 1. The van der Waals surface area contributed by atoms with Gasteiger partial charge in [0.1, 0.15) is 5.75 Å². The summed E-state index contributed by atoms with van der Waals surface area (Å²) >= 11 is 0. The first-order chi connectivity index (χ1) is 13.4. The zero-order chi connectivity index (χ0) is 20.1. The average Bonchev–Trinajstić information content (AvgIpc) is 3.22. The predicted octanol–water partition coefficient (Wildman–Crippen LogP) is 3.58. The number of rotatable bonds is 7. The van der Waals surface area contributed by atoms with Crippen molar-refractivity contribution >= 4 is 21.6 Å². The highest BCUT2D eigenvalue weighted by molar-refractivity contribution is 7.89. The minimum Gasteiger partial charge on any atom is -0.481 e. The maximum absolute atomic E-state index is 12.6. The maximum atomic E-state index is 12.6. The van der Waals surface area contributed by atoms with E-state index in [0.717, 1.165) is 18.4 Å². The van der Waals surface area contributed by atoms with Crippen LogP contribution in [0.4, 0.5) is 5.69 Å². The van der Waals surface area contributed by atoms with E-state index in [-0.39, 0.29) is 10.8 Å². The Morgan fingerprint density at radius 3 is 2.43 bits per heavy atom. The van der Waals surface area contributed by atoms with E-state index in [1.54, 1.807) is 12.1 Å². The fourth-order valence-corrected chi connectivity index (χ4v) is 4.70. The van der Waals surface area contributed by atoms with Crippen LogP contribution in [-0.4, -0.2) is 37.8 Å². The summed E-state index contributed by atoms with van der Waals surface area (Å²) in [4.78, 5) is 12.8. The fourth-order valence-electron chi connectivity index (χ4n) is 3.19. The van der Waals surface area contributed by atoms with E-state index in [1.807, 2.05) is 38.1 Å². The third-order valence-electron chi connectivity index (χ3n) is 4.76. The summed E-state index contributed by atoms with van der Waals surface area (Å²) in [5.41, 5.74) is 1.60. The van der Waals surface area contributed by atoms with Crippen molar-refractivity contribution in [3.8, 4) is 5.75 Å². The summed E-state index contributed by atoms with van der Waals surface area (Å²) in [5, 5.41) is 2.80. The average molecular weight is 403 g/mol. The molecular formula is C21H26N2O4S. The lowest BCUT2D eigenvalue weighted by Gasteiger charge is -2.18. The molecule has 150 valence electrons. The number of amides is 1. The number of sulfonamides is 1. The molecule has 0 unspecified atom stereocenters. The van der Waals surface area contributed by atoms with E-state index >= 15 is 0 Å². The molecule has 0 aliphatic carbocycles. The molecule has 28 heavy (non-hydrogen) atoms. The van der Waals surface area contributed by atoms with Gasteiger partial charge in [0.2, 0.25) is 10.0 Å². The quantitative estimate of drug-likeness (QED) is 0.768. The minimum atomic E-state index is -3.45. The van der Waals surface area contributed by atoms with E-state index in [1.165, 1.54) is 16.4 Å². The molecule has 1 aliphatic rings. The highest BCUT2D eigenvalue weighted by Crippen LogP contribution is 2.22. The van der Waals surface area contributed by atoms with Gasteiger partial charge in [-0.05, 0) is 68.1 Å². The zero-order valence-electron chi connectivity index (χ0n) is 16.2. The van der Waals surface area contributed by atoms with Gasteiger partial charge in [0.15, 0.2) is 6.10 Å². The molecule has 7 heteroatoms. The molecule has 0 saturated carbocycles. The third-order valence-corrected chi connectivity index (χ3v) is 6.67. The van der Waals surface area contributed by atoms with Crippen LogP contribution >= 0.6 is 0 Å². The van der Waals surface area contributed by atoms with Gasteiger partial charge in [-0.1, -0.05) is 19.1 Å². The van der Waals surface area contributed by atoms with E-state index in [2.05, 4.69) is 5.32 Å². The van der Waals surface area contributed by atoms with Crippen molar-refractivity contribution in [2.75, 3.05) is 18.4 Å². The molecule has 0 spiro atoms. The minimum absolute atomic E-state index is 0.246. The number of carbonyl (C=O) groups is 1. The molecular weight excluding hydrogens is 376 g/mol. The Morgan fingerprint density at radius 1 is 1.14 bits per heavy atom. The van der Waals surface area contributed by atoms with Crippen molar-refractivity contribution in [3.05, 3.63) is 54.1 Å². The van der Waals surface area contributed by atoms with Crippen LogP contribution in [0, 0.1) is 6.92 Å². The van der Waals surface area contributed by atoms with Gasteiger partial charge in [0, 0.05) is 18.8 Å². The number of aryl methyl sites for hydroxylation is 1. The van der Waals surface area contributed by atoms with Gasteiger partial charge in [-0.3, -0.25) is 4.79 Å². The Bertz CT molecular complexity index is 920. The molecule has 1 N–H and O–H groups in total. The summed E-state index contributed by atoms with van der Waals surface area (Å²) < 4.78 is 32.5. The first-order valence-corrected chi connectivity index (χ1v) is 11.0. The molecule has 0 bridgehead atoms. The molecule has 0 radical (unpaired) electrons. The SMILES string of the molecule is CC[C@@H](Oc1cccc(C)c1)C(=O)Nc1ccc(S(=O)(=O)N2CCCC2)cc1. The normalized spacial score (nSPS) is 15.9. The Morgan fingerprint density at radius 2 is 1.82 bits per heavy atom. The van der Waals surface area contributed by atoms with Crippen LogP contribution in [0.5, 0.6) is 5.75 Å². The summed E-state index contributed by atoms with van der Waals surface area (Å²) in [6.45, 7) is 4.97. The standard InChI is InChI=1S/C21H26N2O4S/c1-3-20(27-18-8-6-7-16(2)15-18)21(24)22-17-9-11-19(12-10-17)28(25,26)23-13-4-5-14-23/h6-12,15,20H,3-5,13-14H2,1-2H3,(H,22,24)/t20-/m1/s1. The lowest BCUT2D eigenvalue weighted by Crippen LogP contribution is -2.32. The van der Waals surface area contributed by atoms with Gasteiger partial charge in [-0.25, -0.2) is 8.42 Å². The molecule has 6 nitrogen and oxygen atoms in total. The second-order valence-electron chi connectivity index (χ2n) is 6.96. The highest BCUT2D eigenvalue weighted by atomic mass is 32.2. The number of anilines is 1. The first-order valence-electron chi connectivity index (χ1n) is 9.54. The number of nitrogens with one attached hydrogen (secondary N) is 1. The molecule has 1 atom stereocenters. The van der Waals surface area contributed by atoms with Crippen LogP contribution < -0.4 is 10.1 Å². The van der Waals surface area contributed by atoms with E-state index in [9.17, 15) is 13.2 Å². The van der Waals surface area contributed by atoms with E-state index in [4.69, 9.17) is 4.74 Å². The van der Waals surface area contributed by atoms with Gasteiger partial charge < -0.3 is 10.1 Å². The van der Waals surface area contributed by atoms with Gasteiger partial charge in [-0.2, -0.15) is 4.31 Å².